The molecule has 7 heteroatoms. The van der Waals surface area contributed by atoms with Gasteiger partial charge in [-0.2, -0.15) is 0 Å². The third-order valence-electron chi connectivity index (χ3n) is 4.25. The number of thiazole rings is 1. The van der Waals surface area contributed by atoms with Crippen molar-refractivity contribution in [3.05, 3.63) is 45.7 Å². The van der Waals surface area contributed by atoms with Crippen molar-refractivity contribution >= 4 is 28.8 Å². The van der Waals surface area contributed by atoms with E-state index in [4.69, 9.17) is 0 Å². The molecule has 24 heavy (non-hydrogen) atoms. The van der Waals surface area contributed by atoms with E-state index < -0.39 is 11.7 Å². The number of carbonyl (C=O) groups excluding carboxylic acids is 2. The fourth-order valence-electron chi connectivity index (χ4n) is 2.86. The Morgan fingerprint density at radius 3 is 3.00 bits per heavy atom. The van der Waals surface area contributed by atoms with Crippen molar-refractivity contribution < 1.29 is 14.0 Å². The molecule has 1 aliphatic heterocycles. The highest BCUT2D eigenvalue weighted by molar-refractivity contribution is 7.09. The number of aryl methyl sites for hydroxylation is 1. The second-order valence-electron chi connectivity index (χ2n) is 5.91. The number of rotatable bonds is 4. The lowest BCUT2D eigenvalue weighted by atomic mass is 9.89. The molecule has 1 aromatic carbocycles. The van der Waals surface area contributed by atoms with E-state index in [1.807, 2.05) is 6.92 Å². The lowest BCUT2D eigenvalue weighted by molar-refractivity contribution is -0.133. The Hall–Kier alpha value is -2.28. The third kappa shape index (κ3) is 3.31. The molecule has 5 nitrogen and oxygen atoms in total. The van der Waals surface area contributed by atoms with Crippen molar-refractivity contribution in [2.45, 2.75) is 25.7 Å². The summed E-state index contributed by atoms with van der Waals surface area (Å²) < 4.78 is 13.6. The number of benzene rings is 1. The van der Waals surface area contributed by atoms with Gasteiger partial charge in [-0.3, -0.25) is 9.59 Å². The first-order chi connectivity index (χ1) is 11.5. The molecule has 1 atom stereocenters. The van der Waals surface area contributed by atoms with Gasteiger partial charge >= 0.3 is 0 Å². The smallest absolute Gasteiger partial charge is 0.230 e. The molecule has 0 radical (unpaired) electrons. The van der Waals surface area contributed by atoms with Crippen LogP contribution >= 0.6 is 11.3 Å². The van der Waals surface area contributed by atoms with Gasteiger partial charge in [0.2, 0.25) is 11.8 Å². The zero-order chi connectivity index (χ0) is 17.3. The normalized spacial score (nSPS) is 16.5. The van der Waals surface area contributed by atoms with E-state index >= 15 is 0 Å². The number of hydrogen-bond acceptors (Lipinski definition) is 4. The van der Waals surface area contributed by atoms with Gasteiger partial charge in [0.15, 0.2) is 0 Å². The molecule has 2 amide bonds. The van der Waals surface area contributed by atoms with Gasteiger partial charge in [0, 0.05) is 37.0 Å². The molecule has 3 rings (SSSR count). The number of nitrogens with zero attached hydrogens (tertiary/aromatic N) is 2. The van der Waals surface area contributed by atoms with E-state index in [-0.39, 0.29) is 18.2 Å². The second kappa shape index (κ2) is 6.68. The molecule has 126 valence electrons. The molecule has 0 aliphatic carbocycles. The second-order valence-corrected chi connectivity index (χ2v) is 6.85. The fraction of sp³-hybridized carbons (Fsp3) is 0.353. The lowest BCUT2D eigenvalue weighted by Gasteiger charge is -2.28. The minimum absolute atomic E-state index is 0.0409. The molecule has 0 saturated carbocycles. The van der Waals surface area contributed by atoms with Crippen LogP contribution in [-0.2, 0) is 16.0 Å². The quantitative estimate of drug-likeness (QED) is 0.925. The predicted molar refractivity (Wildman–Crippen MR) is 90.6 cm³/mol. The van der Waals surface area contributed by atoms with E-state index in [2.05, 4.69) is 10.3 Å². The molecule has 0 bridgehead atoms. The first-order valence-corrected chi connectivity index (χ1v) is 8.57. The highest BCUT2D eigenvalue weighted by Gasteiger charge is 2.32. The summed E-state index contributed by atoms with van der Waals surface area (Å²) in [7, 11) is 1.71. The van der Waals surface area contributed by atoms with Gasteiger partial charge in [-0.15, -0.1) is 11.3 Å². The highest BCUT2D eigenvalue weighted by atomic mass is 32.1. The minimum atomic E-state index is -0.642. The van der Waals surface area contributed by atoms with Gasteiger partial charge in [0.05, 0.1) is 17.1 Å². The van der Waals surface area contributed by atoms with Crippen molar-refractivity contribution in [1.82, 2.24) is 9.88 Å². The van der Waals surface area contributed by atoms with Gasteiger partial charge in [0.1, 0.15) is 5.82 Å². The van der Waals surface area contributed by atoms with Crippen LogP contribution in [0.4, 0.5) is 10.1 Å². The summed E-state index contributed by atoms with van der Waals surface area (Å²) in [6, 6.07) is 4.11. The van der Waals surface area contributed by atoms with Gasteiger partial charge in [-0.05, 0) is 30.7 Å². The molecular formula is C17H18FN3O2S. The summed E-state index contributed by atoms with van der Waals surface area (Å²) in [6.07, 6.45) is 0.757. The summed E-state index contributed by atoms with van der Waals surface area (Å²) in [4.78, 5) is 31.6. The van der Waals surface area contributed by atoms with Gasteiger partial charge in [0.25, 0.3) is 0 Å². The van der Waals surface area contributed by atoms with Crippen LogP contribution in [0.25, 0.3) is 0 Å². The minimum Gasteiger partial charge on any atom is -0.345 e. The van der Waals surface area contributed by atoms with Gasteiger partial charge < -0.3 is 10.2 Å². The van der Waals surface area contributed by atoms with Crippen molar-refractivity contribution in [1.29, 1.82) is 0 Å². The van der Waals surface area contributed by atoms with Crippen LogP contribution in [0.3, 0.4) is 0 Å². The summed E-state index contributed by atoms with van der Waals surface area (Å²) >= 11 is 1.57. The summed E-state index contributed by atoms with van der Waals surface area (Å²) in [6.45, 7) is 2.47. The topological polar surface area (TPSA) is 62.3 Å². The maximum absolute atomic E-state index is 13.6. The van der Waals surface area contributed by atoms with Crippen molar-refractivity contribution in [2.24, 2.45) is 0 Å². The lowest BCUT2D eigenvalue weighted by Crippen LogP contribution is -2.37. The molecule has 0 spiro atoms. The fourth-order valence-corrected chi connectivity index (χ4v) is 3.63. The highest BCUT2D eigenvalue weighted by Crippen LogP contribution is 2.34. The van der Waals surface area contributed by atoms with Crippen LogP contribution in [-0.4, -0.2) is 35.3 Å². The molecule has 1 unspecified atom stereocenters. The maximum atomic E-state index is 13.6. The molecule has 2 aromatic rings. The van der Waals surface area contributed by atoms with E-state index in [0.29, 0.717) is 24.2 Å². The Morgan fingerprint density at radius 1 is 1.50 bits per heavy atom. The van der Waals surface area contributed by atoms with E-state index in [1.54, 1.807) is 28.8 Å². The zero-order valence-electron chi connectivity index (χ0n) is 13.5. The molecule has 1 N–H and O–H groups in total. The van der Waals surface area contributed by atoms with Crippen LogP contribution < -0.4 is 5.32 Å². The maximum Gasteiger partial charge on any atom is 0.230 e. The summed E-state index contributed by atoms with van der Waals surface area (Å²) in [5.41, 5.74) is 3.82. The Kier molecular flexibility index (Phi) is 4.62. The van der Waals surface area contributed by atoms with Crippen molar-refractivity contribution in [3.8, 4) is 0 Å². The predicted octanol–water partition coefficient (Wildman–Crippen LogP) is 2.72. The van der Waals surface area contributed by atoms with Crippen LogP contribution in [0.15, 0.2) is 23.7 Å². The Bertz CT molecular complexity index is 790. The first kappa shape index (κ1) is 16.6. The van der Waals surface area contributed by atoms with Crippen LogP contribution in [0, 0.1) is 12.7 Å². The number of aromatic nitrogens is 1. The number of amides is 2. The van der Waals surface area contributed by atoms with Crippen LogP contribution in [0.2, 0.25) is 0 Å². The van der Waals surface area contributed by atoms with Crippen molar-refractivity contribution in [3.63, 3.8) is 0 Å². The van der Waals surface area contributed by atoms with E-state index in [0.717, 1.165) is 10.6 Å². The first-order valence-electron chi connectivity index (χ1n) is 7.69. The number of carbonyl (C=O) groups is 2. The summed E-state index contributed by atoms with van der Waals surface area (Å²) in [5.74, 6) is -1.44. The number of nitrogens with one attached hydrogen (secondary N) is 1. The molecule has 2 heterocycles. The Balaban J connectivity index is 1.75. The number of hydrogen-bond donors (Lipinski definition) is 1. The van der Waals surface area contributed by atoms with Gasteiger partial charge in [-0.1, -0.05) is 0 Å². The third-order valence-corrected chi connectivity index (χ3v) is 5.24. The molecule has 1 aliphatic rings. The molecule has 1 aromatic heterocycles. The Labute approximate surface area is 143 Å². The number of halogens is 1. The monoisotopic (exact) mass is 347 g/mol. The van der Waals surface area contributed by atoms with Crippen molar-refractivity contribution in [2.75, 3.05) is 18.9 Å². The molecule has 0 saturated heterocycles. The largest absolute Gasteiger partial charge is 0.345 e. The summed E-state index contributed by atoms with van der Waals surface area (Å²) in [5, 5.41) is 2.69. The Morgan fingerprint density at radius 2 is 2.29 bits per heavy atom. The number of anilines is 1. The standard InChI is InChI=1S/C17H18FN3O2S/c1-10-15(24-9-19-10)5-6-21(2)17(23)13-8-16(22)20-14-4-3-11(18)7-12(13)14/h3-4,7,9,13H,5-6,8H2,1-2H3,(H,20,22). The van der Waals surface area contributed by atoms with Gasteiger partial charge in [-0.25, -0.2) is 9.37 Å². The van der Waals surface area contributed by atoms with E-state index in [1.165, 1.54) is 18.2 Å². The van der Waals surface area contributed by atoms with Crippen LogP contribution in [0.5, 0.6) is 0 Å². The zero-order valence-corrected chi connectivity index (χ0v) is 14.3. The molecular weight excluding hydrogens is 329 g/mol. The number of fused-ring (bicyclic) bond motifs is 1. The van der Waals surface area contributed by atoms with Crippen LogP contribution in [0.1, 0.15) is 28.5 Å². The molecule has 0 fully saturated rings. The number of likely N-dealkylation sites (N-methyl/N-ethyl adjacent to an activating group) is 1. The average Bonchev–Trinajstić information content (AvgIpc) is 2.96. The van der Waals surface area contributed by atoms with E-state index in [9.17, 15) is 14.0 Å². The SMILES string of the molecule is Cc1ncsc1CCN(C)C(=O)C1CC(=O)Nc2ccc(F)cc21. The average molecular weight is 347 g/mol.